The number of piperidine rings is 2. The van der Waals surface area contributed by atoms with Crippen LogP contribution in [0.3, 0.4) is 0 Å². The van der Waals surface area contributed by atoms with E-state index in [1.54, 1.807) is 4.90 Å². The summed E-state index contributed by atoms with van der Waals surface area (Å²) >= 11 is 0. The van der Waals surface area contributed by atoms with E-state index in [-0.39, 0.29) is 24.1 Å². The third kappa shape index (κ3) is 3.69. The number of imide groups is 1. The zero-order valence-corrected chi connectivity index (χ0v) is 16.6. The van der Waals surface area contributed by atoms with Crippen LogP contribution in [0.25, 0.3) is 0 Å². The predicted molar refractivity (Wildman–Crippen MR) is 107 cm³/mol. The minimum atomic E-state index is -0.550. The van der Waals surface area contributed by atoms with Crippen LogP contribution in [-0.4, -0.2) is 47.8 Å². The summed E-state index contributed by atoms with van der Waals surface area (Å²) in [4.78, 5) is 38.1. The van der Waals surface area contributed by atoms with E-state index >= 15 is 0 Å². The molecule has 3 fully saturated rings. The number of hydrogen-bond acceptors (Lipinski definition) is 5. The van der Waals surface area contributed by atoms with Crippen molar-refractivity contribution < 1.29 is 14.4 Å². The molecule has 7 heteroatoms. The summed E-state index contributed by atoms with van der Waals surface area (Å²) < 4.78 is 0. The highest BCUT2D eigenvalue weighted by molar-refractivity contribution is 6.05. The highest BCUT2D eigenvalue weighted by Gasteiger charge is 2.43. The van der Waals surface area contributed by atoms with E-state index in [2.05, 4.69) is 22.0 Å². The quantitative estimate of drug-likeness (QED) is 0.644. The predicted octanol–water partition coefficient (Wildman–Crippen LogP) is 0.925. The van der Waals surface area contributed by atoms with E-state index in [0.717, 1.165) is 42.6 Å². The van der Waals surface area contributed by atoms with Crippen molar-refractivity contribution in [3.8, 4) is 0 Å². The van der Waals surface area contributed by atoms with Crippen LogP contribution in [0.4, 0.5) is 0 Å². The molecule has 5 rings (SSSR count). The highest BCUT2D eigenvalue weighted by Crippen LogP contribution is 2.40. The Morgan fingerprint density at radius 3 is 2.86 bits per heavy atom. The van der Waals surface area contributed by atoms with Gasteiger partial charge in [0.2, 0.25) is 11.8 Å². The Morgan fingerprint density at radius 1 is 1.17 bits per heavy atom. The van der Waals surface area contributed by atoms with Crippen LogP contribution in [0.15, 0.2) is 18.2 Å². The van der Waals surface area contributed by atoms with Gasteiger partial charge < -0.3 is 15.5 Å². The number of benzene rings is 1. The van der Waals surface area contributed by atoms with Crippen LogP contribution in [0, 0.1) is 11.8 Å². The fourth-order valence-electron chi connectivity index (χ4n) is 5.18. The first-order valence-electron chi connectivity index (χ1n) is 10.8. The van der Waals surface area contributed by atoms with Crippen LogP contribution >= 0.6 is 0 Å². The second kappa shape index (κ2) is 7.54. The van der Waals surface area contributed by atoms with Crippen molar-refractivity contribution in [2.75, 3.05) is 13.1 Å². The zero-order chi connectivity index (χ0) is 20.0. The topological polar surface area (TPSA) is 90.5 Å². The molecule has 154 valence electrons. The summed E-state index contributed by atoms with van der Waals surface area (Å²) in [6.45, 7) is 3.50. The number of fused-ring (bicyclic) bond motifs is 1. The highest BCUT2D eigenvalue weighted by atomic mass is 16.2. The number of carbonyl (C=O) groups excluding carboxylic acids is 3. The van der Waals surface area contributed by atoms with E-state index < -0.39 is 6.04 Å². The first-order valence-corrected chi connectivity index (χ1v) is 10.8. The largest absolute Gasteiger partial charge is 0.322 e. The Labute approximate surface area is 170 Å². The molecule has 0 aromatic heterocycles. The Morgan fingerprint density at radius 2 is 2.07 bits per heavy atom. The molecule has 3 amide bonds. The maximum absolute atomic E-state index is 12.9. The van der Waals surface area contributed by atoms with Gasteiger partial charge >= 0.3 is 0 Å². The number of rotatable bonds is 5. The van der Waals surface area contributed by atoms with Gasteiger partial charge in [0, 0.05) is 31.1 Å². The molecule has 4 aliphatic rings. The van der Waals surface area contributed by atoms with Crippen molar-refractivity contribution in [1.82, 2.24) is 20.9 Å². The fraction of sp³-hybridized carbons (Fsp3) is 0.591. The van der Waals surface area contributed by atoms with Crippen molar-refractivity contribution in [3.63, 3.8) is 0 Å². The maximum Gasteiger partial charge on any atom is 0.255 e. The minimum absolute atomic E-state index is 0.103. The first-order chi connectivity index (χ1) is 14.1. The maximum atomic E-state index is 12.9. The molecule has 29 heavy (non-hydrogen) atoms. The summed E-state index contributed by atoms with van der Waals surface area (Å²) in [6.07, 6.45) is 4.55. The van der Waals surface area contributed by atoms with Crippen LogP contribution < -0.4 is 16.0 Å². The van der Waals surface area contributed by atoms with Gasteiger partial charge in [-0.15, -0.1) is 0 Å². The third-order valence-electron chi connectivity index (χ3n) is 6.94. The second-order valence-corrected chi connectivity index (χ2v) is 8.88. The van der Waals surface area contributed by atoms with Crippen molar-refractivity contribution in [2.24, 2.45) is 11.8 Å². The molecule has 3 heterocycles. The third-order valence-corrected chi connectivity index (χ3v) is 6.94. The molecular weight excluding hydrogens is 368 g/mol. The van der Waals surface area contributed by atoms with E-state index in [9.17, 15) is 14.4 Å². The molecule has 1 aromatic carbocycles. The van der Waals surface area contributed by atoms with E-state index in [4.69, 9.17) is 0 Å². The van der Waals surface area contributed by atoms with Crippen LogP contribution in [0.1, 0.15) is 53.6 Å². The molecule has 0 bridgehead atoms. The lowest BCUT2D eigenvalue weighted by Crippen LogP contribution is -2.52. The molecule has 0 spiro atoms. The smallest absolute Gasteiger partial charge is 0.255 e. The molecule has 1 aliphatic carbocycles. The van der Waals surface area contributed by atoms with Crippen molar-refractivity contribution in [3.05, 3.63) is 34.9 Å². The number of nitrogens with zero attached hydrogens (tertiary/aromatic N) is 1. The average Bonchev–Trinajstić information content (AvgIpc) is 3.44. The Kier molecular flexibility index (Phi) is 4.87. The van der Waals surface area contributed by atoms with Crippen LogP contribution in [-0.2, 0) is 22.7 Å². The molecular formula is C22H28N4O3. The molecule has 1 saturated carbocycles. The zero-order valence-electron chi connectivity index (χ0n) is 16.6. The van der Waals surface area contributed by atoms with Gasteiger partial charge in [-0.2, -0.15) is 0 Å². The molecule has 4 unspecified atom stereocenters. The van der Waals surface area contributed by atoms with Crippen molar-refractivity contribution in [1.29, 1.82) is 0 Å². The van der Waals surface area contributed by atoms with Crippen LogP contribution in [0.2, 0.25) is 0 Å². The SMILES string of the molecule is O=C1CCC(N2Cc3ccc(CNC4CC4C4CCCNC4)cc3C2=O)C(=O)N1. The molecule has 3 N–H and O–H groups in total. The van der Waals surface area contributed by atoms with Gasteiger partial charge in [0.25, 0.3) is 5.91 Å². The van der Waals surface area contributed by atoms with E-state index in [1.165, 1.54) is 19.3 Å². The van der Waals surface area contributed by atoms with E-state index in [1.807, 2.05) is 12.1 Å². The van der Waals surface area contributed by atoms with Crippen molar-refractivity contribution in [2.45, 2.75) is 57.3 Å². The summed E-state index contributed by atoms with van der Waals surface area (Å²) in [6, 6.07) is 6.09. The lowest BCUT2D eigenvalue weighted by atomic mass is 9.94. The van der Waals surface area contributed by atoms with Crippen LogP contribution in [0.5, 0.6) is 0 Å². The normalized spacial score (nSPS) is 31.6. The van der Waals surface area contributed by atoms with Gasteiger partial charge in [-0.3, -0.25) is 19.7 Å². The summed E-state index contributed by atoms with van der Waals surface area (Å²) in [5.74, 6) is 0.855. The van der Waals surface area contributed by atoms with Gasteiger partial charge in [0.1, 0.15) is 6.04 Å². The summed E-state index contributed by atoms with van der Waals surface area (Å²) in [5, 5.41) is 9.51. The lowest BCUT2D eigenvalue weighted by Gasteiger charge is -2.29. The Hall–Kier alpha value is -2.25. The van der Waals surface area contributed by atoms with Gasteiger partial charge in [0.15, 0.2) is 0 Å². The molecule has 7 nitrogen and oxygen atoms in total. The Bertz CT molecular complexity index is 848. The van der Waals surface area contributed by atoms with E-state index in [0.29, 0.717) is 24.6 Å². The van der Waals surface area contributed by atoms with Gasteiger partial charge in [-0.25, -0.2) is 0 Å². The second-order valence-electron chi connectivity index (χ2n) is 8.88. The molecule has 0 radical (unpaired) electrons. The first kappa shape index (κ1) is 18.8. The number of hydrogen-bond donors (Lipinski definition) is 3. The lowest BCUT2D eigenvalue weighted by molar-refractivity contribution is -0.136. The van der Waals surface area contributed by atoms with Gasteiger partial charge in [-0.1, -0.05) is 12.1 Å². The van der Waals surface area contributed by atoms with Gasteiger partial charge in [-0.05, 0) is 67.8 Å². The molecule has 3 aliphatic heterocycles. The summed E-state index contributed by atoms with van der Waals surface area (Å²) in [7, 11) is 0. The minimum Gasteiger partial charge on any atom is -0.322 e. The van der Waals surface area contributed by atoms with Gasteiger partial charge in [0.05, 0.1) is 0 Å². The number of carbonyl (C=O) groups is 3. The number of amides is 3. The molecule has 2 saturated heterocycles. The summed E-state index contributed by atoms with van der Waals surface area (Å²) in [5.41, 5.74) is 2.76. The number of nitrogens with one attached hydrogen (secondary N) is 3. The molecule has 4 atom stereocenters. The van der Waals surface area contributed by atoms with Crippen molar-refractivity contribution >= 4 is 17.7 Å². The fourth-order valence-corrected chi connectivity index (χ4v) is 5.18. The average molecular weight is 396 g/mol. The monoisotopic (exact) mass is 396 g/mol. The molecule has 1 aromatic rings. The Balaban J connectivity index is 1.19. The standard InChI is InChI=1S/C22H28N4O3/c27-20-6-5-19(21(28)25-20)26-12-15-4-3-13(8-17(15)22(26)29)10-24-18-9-16(18)14-2-1-7-23-11-14/h3-4,8,14,16,18-19,23-24H,1-2,5-7,9-12H2,(H,25,27,28).